The van der Waals surface area contributed by atoms with Crippen molar-refractivity contribution in [2.75, 3.05) is 36.7 Å². The van der Waals surface area contributed by atoms with Crippen LogP contribution in [0.5, 0.6) is 0 Å². The summed E-state index contributed by atoms with van der Waals surface area (Å²) in [6.07, 6.45) is 4.66. The lowest BCUT2D eigenvalue weighted by molar-refractivity contribution is 0.256. The number of halogens is 1. The van der Waals surface area contributed by atoms with E-state index in [1.807, 2.05) is 25.9 Å². The molecule has 1 saturated heterocycles. The first-order valence-electron chi connectivity index (χ1n) is 12.7. The zero-order chi connectivity index (χ0) is 26.8. The molecule has 2 aromatic heterocycles. The van der Waals surface area contributed by atoms with Gasteiger partial charge >= 0.3 is 0 Å². The van der Waals surface area contributed by atoms with E-state index in [0.29, 0.717) is 24.8 Å². The van der Waals surface area contributed by atoms with Crippen molar-refractivity contribution >= 4 is 27.2 Å². The highest BCUT2D eigenvalue weighted by Gasteiger charge is 2.58. The number of aromatic nitrogens is 4. The Kier molecular flexibility index (Phi) is 5.92. The van der Waals surface area contributed by atoms with Gasteiger partial charge < -0.3 is 9.84 Å². The molecular formula is C25H31FN8O3S. The maximum Gasteiger partial charge on any atom is 0.240 e. The van der Waals surface area contributed by atoms with Gasteiger partial charge in [0.2, 0.25) is 5.89 Å². The van der Waals surface area contributed by atoms with Crippen LogP contribution in [0.15, 0.2) is 33.9 Å². The summed E-state index contributed by atoms with van der Waals surface area (Å²) in [6.45, 7) is 7.16. The van der Waals surface area contributed by atoms with Crippen LogP contribution in [-0.2, 0) is 22.9 Å². The summed E-state index contributed by atoms with van der Waals surface area (Å²) in [5.74, 6) is 2.33. The van der Waals surface area contributed by atoms with E-state index >= 15 is 4.39 Å². The molecule has 2 atom stereocenters. The molecule has 6 rings (SSSR count). The molecule has 1 saturated carbocycles. The Morgan fingerprint density at radius 1 is 1.29 bits per heavy atom. The summed E-state index contributed by atoms with van der Waals surface area (Å²) < 4.78 is 44.2. The van der Waals surface area contributed by atoms with E-state index in [-0.39, 0.29) is 28.0 Å². The fourth-order valence-electron chi connectivity index (χ4n) is 5.55. The van der Waals surface area contributed by atoms with Crippen LogP contribution < -0.4 is 10.3 Å². The smallest absolute Gasteiger partial charge is 0.240 e. The summed E-state index contributed by atoms with van der Waals surface area (Å²) in [5, 5.41) is 11.2. The predicted molar refractivity (Wildman–Crippen MR) is 138 cm³/mol. The molecule has 0 amide bonds. The summed E-state index contributed by atoms with van der Waals surface area (Å²) in [6, 6.07) is 4.22. The van der Waals surface area contributed by atoms with Crippen LogP contribution in [0.1, 0.15) is 49.9 Å². The van der Waals surface area contributed by atoms with Crippen LogP contribution >= 0.6 is 0 Å². The van der Waals surface area contributed by atoms with Gasteiger partial charge in [0.25, 0.3) is 0 Å². The Bertz CT molecular complexity index is 1500. The zero-order valence-corrected chi connectivity index (χ0v) is 22.7. The molecule has 0 bridgehead atoms. The molecule has 4 heterocycles. The molecule has 3 aliphatic rings. The van der Waals surface area contributed by atoms with E-state index in [1.54, 1.807) is 5.01 Å². The highest BCUT2D eigenvalue weighted by Crippen LogP contribution is 2.55. The van der Waals surface area contributed by atoms with Gasteiger partial charge in [0, 0.05) is 37.2 Å². The minimum atomic E-state index is -3.51. The number of hydrogen-bond acceptors (Lipinski definition) is 11. The standard InChI is InChI=1S/C25H31FN8O3S/c1-15(2)22-30-21(37-31-22)12-33-8-7-25(13-33)10-20(25)29-23-17-11-32(3)34(24(17)28-14-27-23)19-6-5-16(9-18(19)26)38(4,35)36/h5-6,9,14-15,20H,7-8,10-13H2,1-4H3,(H,27,28,29)/t20?,25-/m1/s1. The Hall–Kier alpha value is -3.16. The summed E-state index contributed by atoms with van der Waals surface area (Å²) >= 11 is 0. The zero-order valence-electron chi connectivity index (χ0n) is 21.8. The number of anilines is 3. The number of hydrazine groups is 1. The van der Waals surface area contributed by atoms with E-state index in [0.717, 1.165) is 55.5 Å². The Balaban J connectivity index is 1.16. The topological polar surface area (TPSA) is 121 Å². The van der Waals surface area contributed by atoms with Crippen LogP contribution in [0, 0.1) is 11.2 Å². The fraction of sp³-hybridized carbons (Fsp3) is 0.520. The molecule has 38 heavy (non-hydrogen) atoms. The molecule has 1 spiro atoms. The summed E-state index contributed by atoms with van der Waals surface area (Å²) in [7, 11) is -1.67. The second-order valence-corrected chi connectivity index (χ2v) is 13.0. The molecule has 2 fully saturated rings. The first-order valence-corrected chi connectivity index (χ1v) is 14.6. The van der Waals surface area contributed by atoms with Gasteiger partial charge in [-0.1, -0.05) is 19.0 Å². The summed E-state index contributed by atoms with van der Waals surface area (Å²) in [5.41, 5.74) is 1.29. The third-order valence-corrected chi connectivity index (χ3v) is 8.86. The minimum absolute atomic E-state index is 0.0602. The van der Waals surface area contributed by atoms with Gasteiger partial charge in [0.15, 0.2) is 21.5 Å². The minimum Gasteiger partial charge on any atom is -0.366 e. The number of benzene rings is 1. The van der Waals surface area contributed by atoms with Crippen LogP contribution in [0.2, 0.25) is 0 Å². The maximum absolute atomic E-state index is 15.0. The third kappa shape index (κ3) is 4.41. The van der Waals surface area contributed by atoms with E-state index < -0.39 is 15.7 Å². The average Bonchev–Trinajstić information content (AvgIpc) is 3.20. The number of nitrogens with zero attached hydrogens (tertiary/aromatic N) is 7. The van der Waals surface area contributed by atoms with Gasteiger partial charge in [-0.05, 0) is 37.6 Å². The lowest BCUT2D eigenvalue weighted by Crippen LogP contribution is -2.30. The quantitative estimate of drug-likeness (QED) is 0.474. The Morgan fingerprint density at radius 3 is 2.82 bits per heavy atom. The molecule has 11 nitrogen and oxygen atoms in total. The Labute approximate surface area is 220 Å². The number of nitrogens with one attached hydrogen (secondary N) is 1. The molecule has 3 aromatic rings. The van der Waals surface area contributed by atoms with Crippen molar-refractivity contribution in [1.82, 2.24) is 30.0 Å². The lowest BCUT2D eigenvalue weighted by atomic mass is 10.1. The molecule has 0 radical (unpaired) electrons. The monoisotopic (exact) mass is 542 g/mol. The number of rotatable bonds is 7. The largest absolute Gasteiger partial charge is 0.366 e. The van der Waals surface area contributed by atoms with E-state index in [9.17, 15) is 8.42 Å². The fourth-order valence-corrected chi connectivity index (χ4v) is 6.18. The summed E-state index contributed by atoms with van der Waals surface area (Å²) in [4.78, 5) is 15.8. The lowest BCUT2D eigenvalue weighted by Gasteiger charge is -2.26. The predicted octanol–water partition coefficient (Wildman–Crippen LogP) is 3.10. The molecule has 1 aromatic carbocycles. The van der Waals surface area contributed by atoms with Gasteiger partial charge in [-0.25, -0.2) is 27.8 Å². The van der Waals surface area contributed by atoms with Crippen molar-refractivity contribution < 1.29 is 17.3 Å². The normalized spacial score (nSPS) is 23.5. The highest BCUT2D eigenvalue weighted by molar-refractivity contribution is 7.90. The van der Waals surface area contributed by atoms with Crippen molar-refractivity contribution in [3.63, 3.8) is 0 Å². The molecule has 202 valence electrons. The van der Waals surface area contributed by atoms with Crippen molar-refractivity contribution in [3.05, 3.63) is 47.6 Å². The van der Waals surface area contributed by atoms with Gasteiger partial charge in [-0.15, -0.1) is 0 Å². The number of sulfone groups is 1. The first kappa shape index (κ1) is 25.1. The van der Waals surface area contributed by atoms with E-state index in [2.05, 4.69) is 30.3 Å². The molecule has 1 N–H and O–H groups in total. The molecular weight excluding hydrogens is 511 g/mol. The van der Waals surface area contributed by atoms with E-state index in [4.69, 9.17) is 4.52 Å². The second kappa shape index (κ2) is 8.95. The van der Waals surface area contributed by atoms with Crippen molar-refractivity contribution in [3.8, 4) is 0 Å². The van der Waals surface area contributed by atoms with E-state index in [1.165, 1.54) is 18.5 Å². The number of likely N-dealkylation sites (tertiary alicyclic amines) is 1. The molecule has 1 unspecified atom stereocenters. The molecule has 13 heteroatoms. The van der Waals surface area contributed by atoms with Gasteiger partial charge in [0.05, 0.1) is 29.2 Å². The van der Waals surface area contributed by atoms with Crippen molar-refractivity contribution in [2.24, 2.45) is 5.41 Å². The van der Waals surface area contributed by atoms with Crippen LogP contribution in [0.3, 0.4) is 0 Å². The van der Waals surface area contributed by atoms with Crippen LogP contribution in [-0.4, -0.2) is 70.9 Å². The van der Waals surface area contributed by atoms with Gasteiger partial charge in [0.1, 0.15) is 18.0 Å². The maximum atomic E-state index is 15.0. The highest BCUT2D eigenvalue weighted by atomic mass is 32.2. The second-order valence-electron chi connectivity index (χ2n) is 11.0. The van der Waals surface area contributed by atoms with Crippen LogP contribution in [0.25, 0.3) is 0 Å². The third-order valence-electron chi connectivity index (χ3n) is 7.75. The Morgan fingerprint density at radius 2 is 2.11 bits per heavy atom. The first-order chi connectivity index (χ1) is 18.0. The van der Waals surface area contributed by atoms with Crippen LogP contribution in [0.4, 0.5) is 21.7 Å². The average molecular weight is 543 g/mol. The van der Waals surface area contributed by atoms with Gasteiger partial charge in [-0.2, -0.15) is 4.98 Å². The number of fused-ring (bicyclic) bond motifs is 1. The molecule has 1 aliphatic carbocycles. The molecule has 2 aliphatic heterocycles. The SMILES string of the molecule is CC(C)c1noc(CN2CC[C@@]3(CC3Nc3ncnc4c3CN(C)N4c3ccc(S(C)(=O)=O)cc3F)C2)n1. The van der Waals surface area contributed by atoms with Crippen molar-refractivity contribution in [1.29, 1.82) is 0 Å². The van der Waals surface area contributed by atoms with Gasteiger partial charge in [-0.3, -0.25) is 9.91 Å². The van der Waals surface area contributed by atoms with Crippen molar-refractivity contribution in [2.45, 2.75) is 56.6 Å². The number of hydrogen-bond donors (Lipinski definition) is 1.